The predicted octanol–water partition coefficient (Wildman–Crippen LogP) is 3.26. The fraction of sp³-hybridized carbons (Fsp3) is 0.400. The van der Waals surface area contributed by atoms with Crippen LogP contribution in [0.1, 0.15) is 30.6 Å². The lowest BCUT2D eigenvalue weighted by atomic mass is 10.0. The van der Waals surface area contributed by atoms with Crippen molar-refractivity contribution >= 4 is 11.6 Å². The van der Waals surface area contributed by atoms with Gasteiger partial charge >= 0.3 is 0 Å². The van der Waals surface area contributed by atoms with Crippen molar-refractivity contribution < 1.29 is 4.74 Å². The lowest BCUT2D eigenvalue weighted by Crippen LogP contribution is -2.22. The summed E-state index contributed by atoms with van der Waals surface area (Å²) in [7, 11) is 3.59. The molecule has 0 radical (unpaired) electrons. The molecule has 1 aromatic heterocycles. The van der Waals surface area contributed by atoms with E-state index in [2.05, 4.69) is 17.3 Å². The zero-order valence-corrected chi connectivity index (χ0v) is 12.8. The highest BCUT2D eigenvalue weighted by Gasteiger charge is 2.20. The molecule has 108 valence electrons. The van der Waals surface area contributed by atoms with Crippen molar-refractivity contribution in [3.63, 3.8) is 0 Å². The minimum Gasteiger partial charge on any atom is -0.497 e. The number of ether oxygens (including phenoxy) is 1. The zero-order chi connectivity index (χ0) is 14.5. The van der Waals surface area contributed by atoms with Crippen LogP contribution in [-0.4, -0.2) is 23.9 Å². The quantitative estimate of drug-likeness (QED) is 0.888. The van der Waals surface area contributed by atoms with Gasteiger partial charge in [-0.1, -0.05) is 30.7 Å². The SMILES string of the molecule is CCCn1ncc(Cl)c1C(NC)c1ccc(OC)cc1. The molecule has 0 saturated heterocycles. The number of halogens is 1. The fourth-order valence-electron chi connectivity index (χ4n) is 2.31. The van der Waals surface area contributed by atoms with E-state index in [1.807, 2.05) is 36.0 Å². The van der Waals surface area contributed by atoms with Gasteiger partial charge in [-0.25, -0.2) is 0 Å². The number of hydrogen-bond donors (Lipinski definition) is 1. The summed E-state index contributed by atoms with van der Waals surface area (Å²) >= 11 is 6.31. The van der Waals surface area contributed by atoms with Crippen LogP contribution in [-0.2, 0) is 6.54 Å². The van der Waals surface area contributed by atoms with E-state index in [-0.39, 0.29) is 6.04 Å². The molecule has 0 aliphatic carbocycles. The van der Waals surface area contributed by atoms with Gasteiger partial charge in [0.15, 0.2) is 0 Å². The topological polar surface area (TPSA) is 39.1 Å². The van der Waals surface area contributed by atoms with Gasteiger partial charge in [0, 0.05) is 6.54 Å². The van der Waals surface area contributed by atoms with E-state index < -0.39 is 0 Å². The Kier molecular flexibility index (Phi) is 5.04. The summed E-state index contributed by atoms with van der Waals surface area (Å²) < 4.78 is 7.16. The van der Waals surface area contributed by atoms with Crippen molar-refractivity contribution in [1.29, 1.82) is 0 Å². The number of nitrogens with one attached hydrogen (secondary N) is 1. The van der Waals surface area contributed by atoms with Gasteiger partial charge in [0.1, 0.15) is 5.75 Å². The van der Waals surface area contributed by atoms with Crippen LogP contribution >= 0.6 is 11.6 Å². The summed E-state index contributed by atoms with van der Waals surface area (Å²) in [5.41, 5.74) is 2.13. The summed E-state index contributed by atoms with van der Waals surface area (Å²) in [6, 6.07) is 8.00. The van der Waals surface area contributed by atoms with Crippen molar-refractivity contribution in [2.45, 2.75) is 25.9 Å². The van der Waals surface area contributed by atoms with E-state index in [9.17, 15) is 0 Å². The van der Waals surface area contributed by atoms with Crippen LogP contribution in [0.15, 0.2) is 30.5 Å². The maximum absolute atomic E-state index is 6.31. The molecular weight excluding hydrogens is 274 g/mol. The summed E-state index contributed by atoms with van der Waals surface area (Å²) in [5, 5.41) is 8.35. The van der Waals surface area contributed by atoms with Crippen molar-refractivity contribution in [3.8, 4) is 5.75 Å². The van der Waals surface area contributed by atoms with Crippen LogP contribution in [0.3, 0.4) is 0 Å². The molecule has 1 atom stereocenters. The predicted molar refractivity (Wildman–Crippen MR) is 81.4 cm³/mol. The highest BCUT2D eigenvalue weighted by molar-refractivity contribution is 6.31. The molecule has 0 aliphatic heterocycles. The monoisotopic (exact) mass is 293 g/mol. The van der Waals surface area contributed by atoms with Gasteiger partial charge in [-0.2, -0.15) is 5.10 Å². The van der Waals surface area contributed by atoms with Gasteiger partial charge in [-0.3, -0.25) is 4.68 Å². The van der Waals surface area contributed by atoms with Crippen molar-refractivity contribution in [2.24, 2.45) is 0 Å². The molecule has 0 saturated carbocycles. The van der Waals surface area contributed by atoms with E-state index >= 15 is 0 Å². The van der Waals surface area contributed by atoms with Gasteiger partial charge in [-0.15, -0.1) is 0 Å². The molecule has 4 nitrogen and oxygen atoms in total. The summed E-state index contributed by atoms with van der Waals surface area (Å²) in [4.78, 5) is 0. The number of benzene rings is 1. The third kappa shape index (κ3) is 2.97. The van der Waals surface area contributed by atoms with Crippen molar-refractivity contribution in [3.05, 3.63) is 46.7 Å². The number of nitrogens with zero attached hydrogens (tertiary/aromatic N) is 2. The fourth-order valence-corrected chi connectivity index (χ4v) is 2.56. The molecule has 0 bridgehead atoms. The molecule has 1 aromatic carbocycles. The number of aromatic nitrogens is 2. The Labute approximate surface area is 124 Å². The normalized spacial score (nSPS) is 12.4. The molecule has 5 heteroatoms. The maximum Gasteiger partial charge on any atom is 0.118 e. The summed E-state index contributed by atoms with van der Waals surface area (Å²) in [6.07, 6.45) is 2.73. The van der Waals surface area contributed by atoms with Gasteiger partial charge in [0.05, 0.1) is 30.1 Å². The van der Waals surface area contributed by atoms with E-state index in [1.54, 1.807) is 13.3 Å². The summed E-state index contributed by atoms with van der Waals surface area (Å²) in [5.74, 6) is 0.844. The minimum atomic E-state index is 0.0162. The molecule has 1 heterocycles. The van der Waals surface area contributed by atoms with Gasteiger partial charge in [-0.05, 0) is 31.2 Å². The molecule has 1 N–H and O–H groups in total. The average Bonchev–Trinajstić information content (AvgIpc) is 2.83. The number of methoxy groups -OCH3 is 1. The Morgan fingerprint density at radius 1 is 1.35 bits per heavy atom. The van der Waals surface area contributed by atoms with E-state index in [0.717, 1.165) is 30.0 Å². The van der Waals surface area contributed by atoms with Crippen LogP contribution in [0.2, 0.25) is 5.02 Å². The third-order valence-electron chi connectivity index (χ3n) is 3.28. The highest BCUT2D eigenvalue weighted by Crippen LogP contribution is 2.29. The first-order valence-corrected chi connectivity index (χ1v) is 7.11. The molecule has 20 heavy (non-hydrogen) atoms. The first-order valence-electron chi connectivity index (χ1n) is 6.73. The van der Waals surface area contributed by atoms with Crippen molar-refractivity contribution in [1.82, 2.24) is 15.1 Å². The molecular formula is C15H20ClN3O. The Hall–Kier alpha value is -1.52. The largest absolute Gasteiger partial charge is 0.497 e. The molecule has 2 rings (SSSR count). The number of hydrogen-bond acceptors (Lipinski definition) is 3. The Morgan fingerprint density at radius 2 is 2.05 bits per heavy atom. The zero-order valence-electron chi connectivity index (χ0n) is 12.1. The first kappa shape index (κ1) is 14.9. The second-order valence-electron chi connectivity index (χ2n) is 4.60. The summed E-state index contributed by atoms with van der Waals surface area (Å²) in [6.45, 7) is 2.98. The lowest BCUT2D eigenvalue weighted by Gasteiger charge is -2.19. The van der Waals surface area contributed by atoms with Crippen LogP contribution in [0.4, 0.5) is 0 Å². The smallest absolute Gasteiger partial charge is 0.118 e. The number of aryl methyl sites for hydroxylation is 1. The number of rotatable bonds is 6. The van der Waals surface area contributed by atoms with E-state index in [4.69, 9.17) is 16.3 Å². The molecule has 0 aliphatic rings. The second kappa shape index (κ2) is 6.77. The minimum absolute atomic E-state index is 0.0162. The van der Waals surface area contributed by atoms with E-state index in [1.165, 1.54) is 0 Å². The Morgan fingerprint density at radius 3 is 2.60 bits per heavy atom. The van der Waals surface area contributed by atoms with Gasteiger partial charge in [0.25, 0.3) is 0 Å². The molecule has 0 amide bonds. The maximum atomic E-state index is 6.31. The standard InChI is InChI=1S/C15H20ClN3O/c1-4-9-19-15(13(16)10-18-19)14(17-2)11-5-7-12(20-3)8-6-11/h5-8,10,14,17H,4,9H2,1-3H3. The molecule has 0 spiro atoms. The molecule has 2 aromatic rings. The van der Waals surface area contributed by atoms with Crippen molar-refractivity contribution in [2.75, 3.05) is 14.2 Å². The first-order chi connectivity index (χ1) is 9.71. The van der Waals surface area contributed by atoms with Crippen LogP contribution in [0.5, 0.6) is 5.75 Å². The Balaban J connectivity index is 2.38. The molecule has 1 unspecified atom stereocenters. The van der Waals surface area contributed by atoms with Crippen LogP contribution < -0.4 is 10.1 Å². The third-order valence-corrected chi connectivity index (χ3v) is 3.57. The van der Waals surface area contributed by atoms with Crippen LogP contribution in [0.25, 0.3) is 0 Å². The van der Waals surface area contributed by atoms with E-state index in [0.29, 0.717) is 5.02 Å². The highest BCUT2D eigenvalue weighted by atomic mass is 35.5. The van der Waals surface area contributed by atoms with Crippen LogP contribution in [0, 0.1) is 0 Å². The second-order valence-corrected chi connectivity index (χ2v) is 5.00. The Bertz CT molecular complexity index is 551. The lowest BCUT2D eigenvalue weighted by molar-refractivity contribution is 0.414. The average molecular weight is 294 g/mol. The molecule has 0 fully saturated rings. The van der Waals surface area contributed by atoms with Gasteiger partial charge in [0.2, 0.25) is 0 Å². The van der Waals surface area contributed by atoms with Gasteiger partial charge < -0.3 is 10.1 Å².